The maximum atomic E-state index is 9.16. The van der Waals surface area contributed by atoms with Crippen molar-refractivity contribution in [2.75, 3.05) is 0 Å². The van der Waals surface area contributed by atoms with Crippen LogP contribution in [0.4, 0.5) is 0 Å². The van der Waals surface area contributed by atoms with E-state index < -0.39 is 0 Å². The highest BCUT2D eigenvalue weighted by atomic mass is 35.5. The molecule has 4 rings (SSSR count). The molecule has 3 heterocycles. The predicted octanol–water partition coefficient (Wildman–Crippen LogP) is 4.97. The van der Waals surface area contributed by atoms with E-state index in [1.54, 1.807) is 18.4 Å². The third-order valence-corrected chi connectivity index (χ3v) is 5.24. The van der Waals surface area contributed by atoms with Crippen LogP contribution in [-0.2, 0) is 6.54 Å². The Morgan fingerprint density at radius 1 is 1.18 bits per heavy atom. The smallest absolute Gasteiger partial charge is 0.198 e. The van der Waals surface area contributed by atoms with Crippen molar-refractivity contribution in [3.63, 3.8) is 0 Å². The van der Waals surface area contributed by atoms with Crippen molar-refractivity contribution in [3.8, 4) is 17.5 Å². The number of halogens is 1. The molecule has 1 aromatic carbocycles. The van der Waals surface area contributed by atoms with Crippen molar-refractivity contribution in [2.45, 2.75) is 23.7 Å². The molecule has 0 aliphatic heterocycles. The highest BCUT2D eigenvalue weighted by Gasteiger charge is 2.17. The second kappa shape index (κ2) is 7.89. The molecular weight excluding hydrogens is 394 g/mol. The van der Waals surface area contributed by atoms with Crippen LogP contribution < -0.4 is 0 Å². The Morgan fingerprint density at radius 2 is 2.07 bits per heavy atom. The maximum absolute atomic E-state index is 9.16. The minimum Gasteiger partial charge on any atom is -0.467 e. The summed E-state index contributed by atoms with van der Waals surface area (Å²) in [6.07, 6.45) is 1.64. The normalized spacial score (nSPS) is 10.8. The van der Waals surface area contributed by atoms with Crippen molar-refractivity contribution in [3.05, 3.63) is 76.8 Å². The number of pyridine rings is 1. The third kappa shape index (κ3) is 3.79. The Kier molecular flexibility index (Phi) is 5.15. The first kappa shape index (κ1) is 18.3. The number of rotatable bonds is 5. The summed E-state index contributed by atoms with van der Waals surface area (Å²) in [7, 11) is 0. The van der Waals surface area contributed by atoms with Gasteiger partial charge in [-0.2, -0.15) is 5.26 Å². The van der Waals surface area contributed by atoms with Gasteiger partial charge < -0.3 is 4.42 Å². The third-order valence-electron chi connectivity index (χ3n) is 4.01. The maximum Gasteiger partial charge on any atom is 0.198 e. The van der Waals surface area contributed by atoms with Gasteiger partial charge in [-0.05, 0) is 49.0 Å². The van der Waals surface area contributed by atoms with E-state index in [2.05, 4.69) is 21.2 Å². The molecule has 0 aliphatic rings. The zero-order valence-electron chi connectivity index (χ0n) is 14.8. The predicted molar refractivity (Wildman–Crippen MR) is 106 cm³/mol. The van der Waals surface area contributed by atoms with Crippen LogP contribution in [0.5, 0.6) is 0 Å². The lowest BCUT2D eigenvalue weighted by Crippen LogP contribution is -2.03. The highest BCUT2D eigenvalue weighted by molar-refractivity contribution is 7.99. The zero-order chi connectivity index (χ0) is 19.5. The van der Waals surface area contributed by atoms with Crippen molar-refractivity contribution in [1.29, 1.82) is 5.26 Å². The Hall–Kier alpha value is -3.08. The molecule has 0 saturated heterocycles. The fourth-order valence-corrected chi connectivity index (χ4v) is 3.67. The fraction of sp³-hybridized carbons (Fsp3) is 0.100. The first-order valence-electron chi connectivity index (χ1n) is 8.41. The van der Waals surface area contributed by atoms with Gasteiger partial charge >= 0.3 is 0 Å². The minimum atomic E-state index is 0.183. The molecular formula is C20H14ClN5OS. The van der Waals surface area contributed by atoms with Crippen molar-refractivity contribution in [2.24, 2.45) is 0 Å². The summed E-state index contributed by atoms with van der Waals surface area (Å²) in [6.45, 7) is 2.51. The van der Waals surface area contributed by atoms with Crippen LogP contribution in [-0.4, -0.2) is 19.7 Å². The summed E-state index contributed by atoms with van der Waals surface area (Å²) >= 11 is 7.31. The lowest BCUT2D eigenvalue weighted by Gasteiger charge is -2.09. The largest absolute Gasteiger partial charge is 0.467 e. The molecule has 138 valence electrons. The number of nitriles is 1. The molecule has 0 bridgehead atoms. The van der Waals surface area contributed by atoms with E-state index in [-0.39, 0.29) is 5.69 Å². The molecule has 0 radical (unpaired) electrons. The summed E-state index contributed by atoms with van der Waals surface area (Å²) in [4.78, 5) is 4.29. The van der Waals surface area contributed by atoms with E-state index in [1.807, 2.05) is 47.9 Å². The SMILES string of the molecule is Cc1cccc(-c2nnc(Sc3ccc(Cl)c(C#N)n3)n2Cc2ccco2)c1. The summed E-state index contributed by atoms with van der Waals surface area (Å²) < 4.78 is 7.49. The molecule has 0 saturated carbocycles. The van der Waals surface area contributed by atoms with Gasteiger partial charge in [-0.3, -0.25) is 4.57 Å². The highest BCUT2D eigenvalue weighted by Crippen LogP contribution is 2.30. The molecule has 3 aromatic heterocycles. The molecule has 0 fully saturated rings. The first-order valence-corrected chi connectivity index (χ1v) is 9.60. The van der Waals surface area contributed by atoms with Crippen molar-refractivity contribution >= 4 is 23.4 Å². The number of aryl methyl sites for hydroxylation is 1. The molecule has 28 heavy (non-hydrogen) atoms. The molecule has 0 atom stereocenters. The van der Waals surface area contributed by atoms with Gasteiger partial charge in [0.25, 0.3) is 0 Å². The Labute approximate surface area is 170 Å². The second-order valence-corrected chi connectivity index (χ2v) is 7.43. The van der Waals surface area contributed by atoms with Gasteiger partial charge in [-0.15, -0.1) is 10.2 Å². The van der Waals surface area contributed by atoms with E-state index in [1.165, 1.54) is 11.8 Å². The Balaban J connectivity index is 1.76. The molecule has 0 aliphatic carbocycles. The summed E-state index contributed by atoms with van der Waals surface area (Å²) in [5.74, 6) is 1.52. The summed E-state index contributed by atoms with van der Waals surface area (Å²) in [6, 6.07) is 17.2. The van der Waals surface area contributed by atoms with E-state index in [4.69, 9.17) is 21.3 Å². The number of hydrogen-bond acceptors (Lipinski definition) is 6. The molecule has 0 amide bonds. The average Bonchev–Trinajstić information content (AvgIpc) is 3.34. The van der Waals surface area contributed by atoms with Crippen LogP contribution in [0.3, 0.4) is 0 Å². The van der Waals surface area contributed by atoms with Crippen molar-refractivity contribution < 1.29 is 4.42 Å². The van der Waals surface area contributed by atoms with Crippen LogP contribution in [0, 0.1) is 18.3 Å². The summed E-state index contributed by atoms with van der Waals surface area (Å²) in [5.41, 5.74) is 2.28. The lowest BCUT2D eigenvalue weighted by atomic mass is 10.1. The zero-order valence-corrected chi connectivity index (χ0v) is 16.4. The monoisotopic (exact) mass is 407 g/mol. The van der Waals surface area contributed by atoms with Gasteiger partial charge in [0.1, 0.15) is 16.9 Å². The molecule has 4 aromatic rings. The number of benzene rings is 1. The van der Waals surface area contributed by atoms with Gasteiger partial charge in [0.05, 0.1) is 17.8 Å². The number of hydrogen-bond donors (Lipinski definition) is 0. The van der Waals surface area contributed by atoms with E-state index in [9.17, 15) is 0 Å². The minimum absolute atomic E-state index is 0.183. The lowest BCUT2D eigenvalue weighted by molar-refractivity contribution is 0.485. The van der Waals surface area contributed by atoms with Crippen LogP contribution >= 0.6 is 23.4 Å². The Morgan fingerprint density at radius 3 is 2.82 bits per heavy atom. The number of nitrogens with zero attached hydrogens (tertiary/aromatic N) is 5. The van der Waals surface area contributed by atoms with Crippen LogP contribution in [0.2, 0.25) is 5.02 Å². The van der Waals surface area contributed by atoms with E-state index >= 15 is 0 Å². The van der Waals surface area contributed by atoms with Crippen molar-refractivity contribution in [1.82, 2.24) is 19.7 Å². The fourth-order valence-electron chi connectivity index (χ4n) is 2.72. The topological polar surface area (TPSA) is 80.5 Å². The number of furan rings is 1. The van der Waals surface area contributed by atoms with Gasteiger partial charge in [-0.25, -0.2) is 4.98 Å². The van der Waals surface area contributed by atoms with E-state index in [0.717, 1.165) is 22.7 Å². The molecule has 0 N–H and O–H groups in total. The number of aromatic nitrogens is 4. The van der Waals surface area contributed by atoms with Crippen LogP contribution in [0.15, 0.2) is 69.4 Å². The quantitative estimate of drug-likeness (QED) is 0.464. The van der Waals surface area contributed by atoms with Gasteiger partial charge in [0.15, 0.2) is 16.7 Å². The average molecular weight is 408 g/mol. The standard InChI is InChI=1S/C20H14ClN5OS/c1-13-4-2-5-14(10-13)19-24-25-20(26(19)12-15-6-3-9-27-15)28-18-8-7-16(21)17(11-22)23-18/h2-10H,12H2,1H3. The second-order valence-electron chi connectivity index (χ2n) is 6.03. The molecule has 8 heteroatoms. The molecule has 6 nitrogen and oxygen atoms in total. The van der Waals surface area contributed by atoms with Gasteiger partial charge in [-0.1, -0.05) is 35.4 Å². The van der Waals surface area contributed by atoms with E-state index in [0.29, 0.717) is 21.7 Å². The van der Waals surface area contributed by atoms with Crippen LogP contribution in [0.1, 0.15) is 17.0 Å². The molecule has 0 unspecified atom stereocenters. The molecule has 0 spiro atoms. The van der Waals surface area contributed by atoms with Crippen LogP contribution in [0.25, 0.3) is 11.4 Å². The Bertz CT molecular complexity index is 1160. The first-order chi connectivity index (χ1) is 13.6. The van der Waals surface area contributed by atoms with Gasteiger partial charge in [0, 0.05) is 5.56 Å². The summed E-state index contributed by atoms with van der Waals surface area (Å²) in [5, 5.41) is 19.5. The van der Waals surface area contributed by atoms with Gasteiger partial charge in [0.2, 0.25) is 0 Å².